The molecule has 0 spiro atoms. The molecule has 0 aliphatic heterocycles. The summed E-state index contributed by atoms with van der Waals surface area (Å²) in [4.78, 5) is 0. The molecule has 0 unspecified atom stereocenters. The minimum absolute atomic E-state index is 0.0181. The Balaban J connectivity index is 1.45. The number of rotatable bonds is 16. The highest BCUT2D eigenvalue weighted by atomic mass is 28.4. The first-order chi connectivity index (χ1) is 21.2. The number of allylic oxidation sites excluding steroid dienone is 2. The second-order valence-electron chi connectivity index (χ2n) is 16.3. The van der Waals surface area contributed by atoms with Crippen molar-refractivity contribution in [1.82, 2.24) is 0 Å². The second-order valence-corrected chi connectivity index (χ2v) is 21.0. The summed E-state index contributed by atoms with van der Waals surface area (Å²) in [5, 5.41) is 33.7. The Bertz CT molecular complexity index is 1080. The van der Waals surface area contributed by atoms with Crippen molar-refractivity contribution in [2.45, 2.75) is 141 Å². The van der Waals surface area contributed by atoms with Crippen LogP contribution in [-0.4, -0.2) is 61.3 Å². The largest absolute Gasteiger partial charge is 0.497 e. The van der Waals surface area contributed by atoms with Crippen molar-refractivity contribution in [1.29, 1.82) is 0 Å². The number of aliphatic hydroxyl groups is 3. The van der Waals surface area contributed by atoms with Crippen molar-refractivity contribution in [3.63, 3.8) is 0 Å². The minimum Gasteiger partial charge on any atom is -0.497 e. The van der Waals surface area contributed by atoms with E-state index in [1.54, 1.807) is 7.11 Å². The zero-order valence-corrected chi connectivity index (χ0v) is 30.5. The third-order valence-electron chi connectivity index (χ3n) is 12.1. The predicted molar refractivity (Wildman–Crippen MR) is 185 cm³/mol. The predicted octanol–water partition coefficient (Wildman–Crippen LogP) is 7.90. The Morgan fingerprint density at radius 1 is 0.956 bits per heavy atom. The number of ether oxygens (including phenoxy) is 2. The Labute approximate surface area is 275 Å². The van der Waals surface area contributed by atoms with E-state index in [2.05, 4.69) is 46.0 Å². The topological polar surface area (TPSA) is 88.4 Å². The molecule has 1 aromatic carbocycles. The maximum absolute atomic E-state index is 11.9. The first-order valence-electron chi connectivity index (χ1n) is 17.8. The number of benzene rings is 1. The Hall–Kier alpha value is -1.22. The molecule has 0 saturated heterocycles. The van der Waals surface area contributed by atoms with Gasteiger partial charge in [0.25, 0.3) is 0 Å². The van der Waals surface area contributed by atoms with Crippen LogP contribution in [0, 0.1) is 35.5 Å². The lowest BCUT2D eigenvalue weighted by Crippen LogP contribution is -2.45. The summed E-state index contributed by atoms with van der Waals surface area (Å²) in [5.74, 6) is 3.10. The average molecular weight is 645 g/mol. The summed E-state index contributed by atoms with van der Waals surface area (Å²) in [7, 11) is -0.180. The van der Waals surface area contributed by atoms with Crippen molar-refractivity contribution >= 4 is 8.32 Å². The van der Waals surface area contributed by atoms with Gasteiger partial charge in [-0.25, -0.2) is 0 Å². The van der Waals surface area contributed by atoms with Gasteiger partial charge < -0.3 is 29.2 Å². The fourth-order valence-corrected chi connectivity index (χ4v) is 9.68. The summed E-state index contributed by atoms with van der Waals surface area (Å²) < 4.78 is 18.4. The number of aliphatic hydroxyl groups excluding tert-OH is 2. The van der Waals surface area contributed by atoms with Crippen LogP contribution in [0.4, 0.5) is 0 Å². The average Bonchev–Trinajstić information content (AvgIpc) is 3.57. The lowest BCUT2D eigenvalue weighted by molar-refractivity contribution is -0.105. The summed E-state index contributed by atoms with van der Waals surface area (Å²) in [5.41, 5.74) is -0.0449. The SMILES string of the molecule is CC[C@H](O)CCCC[C@](C)(O)[C@@H](O)[C@@H]1C[C@@H]2[C@@H](C=C[C@@H]3C[C@@H](O[Si](C)(C)C(C)(C)C)C[C@@H]23)[C@@H]1CCOCc1ccc(OC)cc1. The number of methoxy groups -OCH3 is 1. The lowest BCUT2D eigenvalue weighted by atomic mass is 9.71. The van der Waals surface area contributed by atoms with Crippen LogP contribution < -0.4 is 4.74 Å². The highest BCUT2D eigenvalue weighted by Gasteiger charge is 2.55. The molecule has 0 heterocycles. The summed E-state index contributed by atoms with van der Waals surface area (Å²) in [6, 6.07) is 8.01. The molecule has 3 aliphatic rings. The first kappa shape index (κ1) is 36.6. The van der Waals surface area contributed by atoms with Crippen LogP contribution in [0.25, 0.3) is 0 Å². The molecule has 3 N–H and O–H groups in total. The highest BCUT2D eigenvalue weighted by Crippen LogP contribution is 2.58. The van der Waals surface area contributed by atoms with E-state index in [1.807, 2.05) is 38.1 Å². The quantitative estimate of drug-likeness (QED) is 0.0964. The van der Waals surface area contributed by atoms with Crippen molar-refractivity contribution in [3.8, 4) is 5.75 Å². The van der Waals surface area contributed by atoms with E-state index in [0.717, 1.165) is 62.7 Å². The van der Waals surface area contributed by atoms with Gasteiger partial charge in [0.1, 0.15) is 5.75 Å². The molecule has 0 aromatic heterocycles. The molecule has 7 heteroatoms. The van der Waals surface area contributed by atoms with Crippen molar-refractivity contribution in [3.05, 3.63) is 42.0 Å². The first-order valence-corrected chi connectivity index (χ1v) is 20.7. The molecule has 2 fully saturated rings. The van der Waals surface area contributed by atoms with E-state index < -0.39 is 20.0 Å². The second kappa shape index (κ2) is 15.3. The normalized spacial score (nSPS) is 30.9. The van der Waals surface area contributed by atoms with Crippen LogP contribution in [0.2, 0.25) is 18.1 Å². The van der Waals surface area contributed by atoms with E-state index in [-0.39, 0.29) is 23.0 Å². The molecule has 6 nitrogen and oxygen atoms in total. The van der Waals surface area contributed by atoms with E-state index in [9.17, 15) is 15.3 Å². The molecule has 0 radical (unpaired) electrons. The maximum Gasteiger partial charge on any atom is 0.192 e. The molecule has 2 saturated carbocycles. The van der Waals surface area contributed by atoms with Crippen molar-refractivity contribution < 1.29 is 29.2 Å². The lowest BCUT2D eigenvalue weighted by Gasteiger charge is -2.38. The number of unbranched alkanes of at least 4 members (excludes halogenated alkanes) is 1. The minimum atomic E-state index is -1.86. The number of hydrogen-bond acceptors (Lipinski definition) is 6. The summed E-state index contributed by atoms with van der Waals surface area (Å²) >= 11 is 0. The van der Waals surface area contributed by atoms with Crippen LogP contribution in [0.1, 0.15) is 98.0 Å². The highest BCUT2D eigenvalue weighted by molar-refractivity contribution is 6.74. The van der Waals surface area contributed by atoms with E-state index >= 15 is 0 Å². The maximum atomic E-state index is 11.9. The van der Waals surface area contributed by atoms with Gasteiger partial charge in [0.05, 0.1) is 31.5 Å². The van der Waals surface area contributed by atoms with Crippen molar-refractivity contribution in [2.24, 2.45) is 35.5 Å². The van der Waals surface area contributed by atoms with Crippen molar-refractivity contribution in [2.75, 3.05) is 13.7 Å². The van der Waals surface area contributed by atoms with Crippen LogP contribution in [-0.2, 0) is 15.8 Å². The van der Waals surface area contributed by atoms with E-state index in [1.165, 1.54) is 0 Å². The summed E-state index contributed by atoms with van der Waals surface area (Å²) in [6.07, 6.45) is 11.9. The summed E-state index contributed by atoms with van der Waals surface area (Å²) in [6.45, 7) is 16.7. The molecule has 256 valence electrons. The fraction of sp³-hybridized carbons (Fsp3) is 0.789. The smallest absolute Gasteiger partial charge is 0.192 e. The zero-order valence-electron chi connectivity index (χ0n) is 29.5. The van der Waals surface area contributed by atoms with Crippen LogP contribution in [0.3, 0.4) is 0 Å². The Kier molecular flexibility index (Phi) is 12.5. The molecule has 45 heavy (non-hydrogen) atoms. The standard InChI is InChI=1S/C38H64O6Si/c1-9-28(39)12-10-11-20-38(5,41)36(40)35-24-34-31(32(35)19-21-43-25-26-13-16-29(42-6)17-14-26)18-15-27-22-30(23-33(27)34)44-45(7,8)37(2,3)4/h13-18,27-28,30-36,39-41H,9-12,19-25H2,1-8H3/t27-,28+,30-,31+,32+,33-,34-,35-,36+,38+/m1/s1. The third kappa shape index (κ3) is 9.02. The molecule has 1 aromatic rings. The van der Waals surface area contributed by atoms with Gasteiger partial charge in [-0.05, 0) is 123 Å². The molecule has 4 rings (SSSR count). The fourth-order valence-electron chi connectivity index (χ4n) is 8.30. The monoisotopic (exact) mass is 644 g/mol. The van der Waals surface area contributed by atoms with Crippen LogP contribution in [0.5, 0.6) is 5.75 Å². The van der Waals surface area contributed by atoms with Crippen LogP contribution in [0.15, 0.2) is 36.4 Å². The van der Waals surface area contributed by atoms with Crippen LogP contribution >= 0.6 is 0 Å². The molecule has 3 aliphatic carbocycles. The van der Waals surface area contributed by atoms with Gasteiger partial charge >= 0.3 is 0 Å². The van der Waals surface area contributed by atoms with Gasteiger partial charge in [-0.3, -0.25) is 0 Å². The zero-order chi connectivity index (χ0) is 33.0. The van der Waals surface area contributed by atoms with E-state index in [0.29, 0.717) is 49.4 Å². The molecule has 10 atom stereocenters. The van der Waals surface area contributed by atoms with Gasteiger partial charge in [0.2, 0.25) is 0 Å². The molecular formula is C38H64O6Si. The molecule has 0 amide bonds. The van der Waals surface area contributed by atoms with Gasteiger partial charge in [0.15, 0.2) is 8.32 Å². The molecular weight excluding hydrogens is 580 g/mol. The molecule has 0 bridgehead atoms. The van der Waals surface area contributed by atoms with Gasteiger partial charge in [0, 0.05) is 12.7 Å². The number of fused-ring (bicyclic) bond motifs is 3. The Morgan fingerprint density at radius 2 is 1.67 bits per heavy atom. The van der Waals surface area contributed by atoms with Gasteiger partial charge in [-0.2, -0.15) is 0 Å². The van der Waals surface area contributed by atoms with Gasteiger partial charge in [-0.15, -0.1) is 0 Å². The van der Waals surface area contributed by atoms with E-state index in [4.69, 9.17) is 13.9 Å². The number of hydrogen-bond donors (Lipinski definition) is 3. The third-order valence-corrected chi connectivity index (χ3v) is 16.6. The Morgan fingerprint density at radius 3 is 2.31 bits per heavy atom. The van der Waals surface area contributed by atoms with Gasteiger partial charge in [-0.1, -0.05) is 64.8 Å².